The summed E-state index contributed by atoms with van der Waals surface area (Å²) in [4.78, 5) is 29.1. The Hall–Kier alpha value is -3.56. The standard InChI is InChI=1S/C27H25BrClF3N4O6S/c1-3-7-20-34-25(29)23(26(38)33-13-21(37)41-4-2)36(20)14-15-10-11-19-17(12-15)22(28)24(42-19)16-8-5-6-9-18(16)35-43(39,40)27(30,31)32/h5-6,8-12,35H,3-4,7,13-14H2,1-2H3,(H,33,38). The van der Waals surface area contributed by atoms with Gasteiger partial charge in [0.1, 0.15) is 23.6 Å². The van der Waals surface area contributed by atoms with Crippen molar-refractivity contribution in [3.8, 4) is 11.3 Å². The third-order valence-corrected chi connectivity index (χ3v) is 8.29. The van der Waals surface area contributed by atoms with Gasteiger partial charge in [-0.2, -0.15) is 21.6 Å². The van der Waals surface area contributed by atoms with Gasteiger partial charge < -0.3 is 19.0 Å². The molecular formula is C27H25BrClF3N4O6S. The Bertz CT molecular complexity index is 1790. The SMILES string of the molecule is CCCc1nc(Cl)c(C(=O)NCC(=O)OCC)n1Cc1ccc2oc(-c3ccccc3NS(=O)(=O)C(F)(F)F)c(Br)c2c1. The van der Waals surface area contributed by atoms with Crippen molar-refractivity contribution in [2.75, 3.05) is 17.9 Å². The first kappa shape index (κ1) is 32.4. The average molecular weight is 706 g/mol. The van der Waals surface area contributed by atoms with Gasteiger partial charge in [0.05, 0.1) is 16.8 Å². The first-order valence-electron chi connectivity index (χ1n) is 12.9. The Kier molecular flexibility index (Phi) is 9.76. The number of furan rings is 1. The number of nitrogens with zero attached hydrogens (tertiary/aromatic N) is 2. The summed E-state index contributed by atoms with van der Waals surface area (Å²) in [6.07, 6.45) is 1.22. The Morgan fingerprint density at radius 3 is 2.56 bits per heavy atom. The maximum Gasteiger partial charge on any atom is 0.516 e. The number of hydrogen-bond donors (Lipinski definition) is 2. The highest BCUT2D eigenvalue weighted by atomic mass is 79.9. The molecule has 0 spiro atoms. The van der Waals surface area contributed by atoms with Crippen LogP contribution < -0.4 is 10.0 Å². The number of carbonyl (C=O) groups is 2. The van der Waals surface area contributed by atoms with Crippen LogP contribution in [-0.2, 0) is 32.5 Å². The Balaban J connectivity index is 1.70. The molecule has 0 saturated heterocycles. The minimum atomic E-state index is -5.68. The lowest BCUT2D eigenvalue weighted by atomic mass is 10.1. The Morgan fingerprint density at radius 1 is 1.16 bits per heavy atom. The molecule has 2 aromatic heterocycles. The molecule has 2 aromatic carbocycles. The Morgan fingerprint density at radius 2 is 1.88 bits per heavy atom. The molecule has 10 nitrogen and oxygen atoms in total. The molecule has 4 rings (SSSR count). The van der Waals surface area contributed by atoms with Crippen LogP contribution in [-0.4, -0.2) is 48.5 Å². The smallest absolute Gasteiger partial charge is 0.465 e. The lowest BCUT2D eigenvalue weighted by Gasteiger charge is -2.13. The van der Waals surface area contributed by atoms with Crippen molar-refractivity contribution in [2.45, 2.75) is 38.7 Å². The summed E-state index contributed by atoms with van der Waals surface area (Å²) in [6, 6.07) is 10.6. The van der Waals surface area contributed by atoms with Crippen molar-refractivity contribution in [1.29, 1.82) is 0 Å². The number of nitrogens with one attached hydrogen (secondary N) is 2. The van der Waals surface area contributed by atoms with Crippen LogP contribution >= 0.6 is 27.5 Å². The molecule has 0 bridgehead atoms. The number of rotatable bonds is 11. The van der Waals surface area contributed by atoms with Crippen molar-refractivity contribution in [2.24, 2.45) is 0 Å². The van der Waals surface area contributed by atoms with Crippen molar-refractivity contribution in [3.05, 3.63) is 69.2 Å². The fourth-order valence-electron chi connectivity index (χ4n) is 4.26. The van der Waals surface area contributed by atoms with Gasteiger partial charge in [-0.3, -0.25) is 14.3 Å². The van der Waals surface area contributed by atoms with Gasteiger partial charge in [-0.1, -0.05) is 36.7 Å². The van der Waals surface area contributed by atoms with Gasteiger partial charge in [0, 0.05) is 23.9 Å². The molecule has 0 atom stereocenters. The van der Waals surface area contributed by atoms with Gasteiger partial charge in [0.2, 0.25) is 0 Å². The number of sulfonamides is 1. The van der Waals surface area contributed by atoms with Gasteiger partial charge in [0.15, 0.2) is 10.9 Å². The number of para-hydroxylation sites is 1. The maximum absolute atomic E-state index is 13.0. The molecule has 0 aliphatic carbocycles. The van der Waals surface area contributed by atoms with E-state index in [-0.39, 0.29) is 47.6 Å². The number of benzene rings is 2. The van der Waals surface area contributed by atoms with Gasteiger partial charge in [-0.15, -0.1) is 0 Å². The van der Waals surface area contributed by atoms with Gasteiger partial charge >= 0.3 is 21.5 Å². The fourth-order valence-corrected chi connectivity index (χ4v) is 5.73. The van der Waals surface area contributed by atoms with E-state index in [4.69, 9.17) is 20.8 Å². The monoisotopic (exact) mass is 704 g/mol. The predicted octanol–water partition coefficient (Wildman–Crippen LogP) is 6.27. The maximum atomic E-state index is 13.0. The van der Waals surface area contributed by atoms with E-state index in [1.165, 1.54) is 24.3 Å². The molecule has 43 heavy (non-hydrogen) atoms. The molecule has 1 amide bonds. The van der Waals surface area contributed by atoms with Crippen LogP contribution in [0.3, 0.4) is 0 Å². The van der Waals surface area contributed by atoms with Crippen LogP contribution in [0.1, 0.15) is 42.1 Å². The predicted molar refractivity (Wildman–Crippen MR) is 157 cm³/mol. The number of imidazole rings is 1. The summed E-state index contributed by atoms with van der Waals surface area (Å²) in [5.74, 6) is -0.569. The highest BCUT2D eigenvalue weighted by Gasteiger charge is 2.46. The Labute approximate surface area is 257 Å². The van der Waals surface area contributed by atoms with E-state index in [0.717, 1.165) is 0 Å². The van der Waals surface area contributed by atoms with Crippen LogP contribution in [0.4, 0.5) is 18.9 Å². The van der Waals surface area contributed by atoms with Crippen molar-refractivity contribution in [1.82, 2.24) is 14.9 Å². The number of fused-ring (bicyclic) bond motifs is 1. The second-order valence-electron chi connectivity index (χ2n) is 9.16. The minimum Gasteiger partial charge on any atom is -0.465 e. The molecule has 2 N–H and O–H groups in total. The van der Waals surface area contributed by atoms with Crippen LogP contribution in [0.25, 0.3) is 22.3 Å². The van der Waals surface area contributed by atoms with E-state index in [1.54, 1.807) is 34.4 Å². The number of aryl methyl sites for hydroxylation is 1. The molecular weight excluding hydrogens is 681 g/mol. The lowest BCUT2D eigenvalue weighted by molar-refractivity contribution is -0.141. The van der Waals surface area contributed by atoms with Gasteiger partial charge in [-0.05, 0) is 59.1 Å². The zero-order valence-corrected chi connectivity index (χ0v) is 25.9. The molecule has 0 fully saturated rings. The number of ether oxygens (including phenoxy) is 1. The van der Waals surface area contributed by atoms with Gasteiger partial charge in [-0.25, -0.2) is 4.98 Å². The molecule has 0 radical (unpaired) electrons. The number of anilines is 1. The van der Waals surface area contributed by atoms with E-state index >= 15 is 0 Å². The number of aromatic nitrogens is 2. The second kappa shape index (κ2) is 13.0. The van der Waals surface area contributed by atoms with E-state index in [9.17, 15) is 31.2 Å². The zero-order valence-electron chi connectivity index (χ0n) is 22.7. The molecule has 230 valence electrons. The van der Waals surface area contributed by atoms with Crippen LogP contribution in [0.2, 0.25) is 5.15 Å². The number of amides is 1. The van der Waals surface area contributed by atoms with Gasteiger partial charge in [0.25, 0.3) is 5.91 Å². The number of esters is 1. The molecule has 4 aromatic rings. The number of carbonyl (C=O) groups excluding carboxylic acids is 2. The lowest BCUT2D eigenvalue weighted by Crippen LogP contribution is -2.32. The molecule has 0 aliphatic heterocycles. The fraction of sp³-hybridized carbons (Fsp3) is 0.296. The third-order valence-electron chi connectivity index (χ3n) is 6.14. The van der Waals surface area contributed by atoms with Crippen molar-refractivity contribution in [3.63, 3.8) is 0 Å². The molecule has 0 unspecified atom stereocenters. The molecule has 0 aliphatic rings. The van der Waals surface area contributed by atoms with E-state index < -0.39 is 27.4 Å². The quantitative estimate of drug-likeness (QED) is 0.176. The van der Waals surface area contributed by atoms with Crippen LogP contribution in [0.15, 0.2) is 51.4 Å². The van der Waals surface area contributed by atoms with E-state index in [0.29, 0.717) is 39.7 Å². The van der Waals surface area contributed by atoms with Crippen molar-refractivity contribution < 1.29 is 40.3 Å². The largest absolute Gasteiger partial charge is 0.516 e. The van der Waals surface area contributed by atoms with Crippen LogP contribution in [0, 0.1) is 0 Å². The topological polar surface area (TPSA) is 133 Å². The average Bonchev–Trinajstić information content (AvgIpc) is 3.42. The van der Waals surface area contributed by atoms with Crippen LogP contribution in [0.5, 0.6) is 0 Å². The normalized spacial score (nSPS) is 12.0. The van der Waals surface area contributed by atoms with E-state index in [2.05, 4.69) is 26.2 Å². The highest BCUT2D eigenvalue weighted by Crippen LogP contribution is 2.42. The highest BCUT2D eigenvalue weighted by molar-refractivity contribution is 9.10. The minimum absolute atomic E-state index is 0.0319. The molecule has 16 heteroatoms. The summed E-state index contributed by atoms with van der Waals surface area (Å²) in [6.45, 7) is 3.55. The third kappa shape index (κ3) is 6.99. The molecule has 2 heterocycles. The summed E-state index contributed by atoms with van der Waals surface area (Å²) in [7, 11) is -5.68. The molecule has 0 saturated carbocycles. The van der Waals surface area contributed by atoms with E-state index in [1.807, 2.05) is 6.92 Å². The summed E-state index contributed by atoms with van der Waals surface area (Å²) in [5.41, 5.74) is -4.64. The van der Waals surface area contributed by atoms with Crippen molar-refractivity contribution >= 4 is 66.1 Å². The number of halogens is 5. The number of hydrogen-bond acceptors (Lipinski definition) is 7. The second-order valence-corrected chi connectivity index (χ2v) is 12.0. The zero-order chi connectivity index (χ0) is 31.5. The summed E-state index contributed by atoms with van der Waals surface area (Å²) >= 11 is 9.80. The summed E-state index contributed by atoms with van der Waals surface area (Å²) < 4.78 is 77.1. The number of alkyl halides is 3. The summed E-state index contributed by atoms with van der Waals surface area (Å²) in [5, 5.41) is 3.00. The first-order chi connectivity index (χ1) is 20.3. The first-order valence-corrected chi connectivity index (χ1v) is 15.5.